The highest BCUT2D eigenvalue weighted by Crippen LogP contribution is 2.31. The summed E-state index contributed by atoms with van der Waals surface area (Å²) in [5.74, 6) is -0.736. The Morgan fingerprint density at radius 1 is 0.895 bits per heavy atom. The zero-order chi connectivity index (χ0) is 14.0. The standard InChI is InChI=1S/C14H9Cl2FO2/c15-12-5-10(19)6-13(16)11(12)4-2-8-1-3-9(18)7-14(8)17/h1-7,18-19H/b4-2+. The van der Waals surface area contributed by atoms with E-state index < -0.39 is 5.82 Å². The van der Waals surface area contributed by atoms with Gasteiger partial charge in [0.25, 0.3) is 0 Å². The second-order valence-electron chi connectivity index (χ2n) is 3.86. The number of phenolic OH excluding ortho intramolecular Hbond substituents is 2. The molecular formula is C14H9Cl2FO2. The quantitative estimate of drug-likeness (QED) is 0.788. The first-order valence-electron chi connectivity index (χ1n) is 5.32. The third-order valence-corrected chi connectivity index (χ3v) is 3.10. The number of hydrogen-bond donors (Lipinski definition) is 2. The van der Waals surface area contributed by atoms with Gasteiger partial charge in [-0.2, -0.15) is 0 Å². The van der Waals surface area contributed by atoms with Gasteiger partial charge in [-0.15, -0.1) is 0 Å². The van der Waals surface area contributed by atoms with Gasteiger partial charge < -0.3 is 10.2 Å². The van der Waals surface area contributed by atoms with Crippen molar-refractivity contribution >= 4 is 35.4 Å². The fraction of sp³-hybridized carbons (Fsp3) is 0. The Morgan fingerprint density at radius 2 is 1.53 bits per heavy atom. The van der Waals surface area contributed by atoms with Crippen LogP contribution in [0.4, 0.5) is 4.39 Å². The maximum Gasteiger partial charge on any atom is 0.134 e. The topological polar surface area (TPSA) is 40.5 Å². The molecule has 0 atom stereocenters. The van der Waals surface area contributed by atoms with Crippen LogP contribution in [0, 0.1) is 5.82 Å². The van der Waals surface area contributed by atoms with Gasteiger partial charge in [-0.25, -0.2) is 4.39 Å². The van der Waals surface area contributed by atoms with E-state index >= 15 is 0 Å². The van der Waals surface area contributed by atoms with Gasteiger partial charge >= 0.3 is 0 Å². The maximum atomic E-state index is 13.5. The Kier molecular flexibility index (Phi) is 3.98. The number of benzene rings is 2. The molecule has 0 saturated carbocycles. The molecule has 2 rings (SSSR count). The highest BCUT2D eigenvalue weighted by molar-refractivity contribution is 6.37. The van der Waals surface area contributed by atoms with Gasteiger partial charge in [-0.1, -0.05) is 35.4 Å². The van der Waals surface area contributed by atoms with Crippen LogP contribution in [0.2, 0.25) is 10.0 Å². The van der Waals surface area contributed by atoms with Crippen LogP contribution in [0.25, 0.3) is 12.2 Å². The molecule has 0 amide bonds. The molecule has 0 aromatic heterocycles. The third kappa shape index (κ3) is 3.19. The number of aromatic hydroxyl groups is 2. The normalized spacial score (nSPS) is 11.1. The second kappa shape index (κ2) is 5.51. The molecule has 0 fully saturated rings. The summed E-state index contributed by atoms with van der Waals surface area (Å²) in [6.45, 7) is 0. The molecule has 2 nitrogen and oxygen atoms in total. The number of phenols is 2. The van der Waals surface area contributed by atoms with Gasteiger partial charge in [0, 0.05) is 17.2 Å². The molecule has 0 aliphatic carbocycles. The average Bonchev–Trinajstić information content (AvgIpc) is 2.30. The Labute approximate surface area is 119 Å². The van der Waals surface area contributed by atoms with Gasteiger partial charge in [0.05, 0.1) is 10.0 Å². The van der Waals surface area contributed by atoms with Crippen molar-refractivity contribution < 1.29 is 14.6 Å². The predicted octanol–water partition coefficient (Wildman–Crippen LogP) is 4.71. The van der Waals surface area contributed by atoms with E-state index in [2.05, 4.69) is 0 Å². The SMILES string of the molecule is Oc1ccc(/C=C/c2c(Cl)cc(O)cc2Cl)c(F)c1. The Bertz CT molecular complexity index is 631. The van der Waals surface area contributed by atoms with Crippen LogP contribution in [0.3, 0.4) is 0 Å². The molecule has 0 aliphatic rings. The first-order chi connectivity index (χ1) is 8.97. The summed E-state index contributed by atoms with van der Waals surface area (Å²) in [6.07, 6.45) is 3.03. The van der Waals surface area contributed by atoms with Crippen LogP contribution >= 0.6 is 23.2 Å². The number of halogens is 3. The van der Waals surface area contributed by atoms with Crippen LogP contribution in [0.1, 0.15) is 11.1 Å². The van der Waals surface area contributed by atoms with Crippen LogP contribution in [0.15, 0.2) is 30.3 Å². The summed E-state index contributed by atoms with van der Waals surface area (Å²) < 4.78 is 13.5. The molecule has 5 heteroatoms. The van der Waals surface area contributed by atoms with Gasteiger partial charge in [0.15, 0.2) is 0 Å². The molecular weight excluding hydrogens is 290 g/mol. The minimum Gasteiger partial charge on any atom is -0.508 e. The van der Waals surface area contributed by atoms with Crippen LogP contribution < -0.4 is 0 Å². The van der Waals surface area contributed by atoms with Crippen molar-refractivity contribution in [2.75, 3.05) is 0 Å². The molecule has 0 radical (unpaired) electrons. The molecule has 98 valence electrons. The second-order valence-corrected chi connectivity index (χ2v) is 4.68. The lowest BCUT2D eigenvalue weighted by Gasteiger charge is -2.03. The third-order valence-electron chi connectivity index (χ3n) is 2.48. The maximum absolute atomic E-state index is 13.5. The lowest BCUT2D eigenvalue weighted by Crippen LogP contribution is -1.82. The van der Waals surface area contributed by atoms with Crippen LogP contribution in [-0.4, -0.2) is 10.2 Å². The Balaban J connectivity index is 2.38. The van der Waals surface area contributed by atoms with E-state index in [1.54, 1.807) is 6.08 Å². The summed E-state index contributed by atoms with van der Waals surface area (Å²) in [4.78, 5) is 0. The highest BCUT2D eigenvalue weighted by atomic mass is 35.5. The Hall–Kier alpha value is -1.71. The van der Waals surface area contributed by atoms with Gasteiger partial charge in [0.1, 0.15) is 17.3 Å². The fourth-order valence-electron chi connectivity index (χ4n) is 1.55. The minimum absolute atomic E-state index is 0.0389. The van der Waals surface area contributed by atoms with Crippen molar-refractivity contribution in [2.24, 2.45) is 0 Å². The van der Waals surface area contributed by atoms with Crippen molar-refractivity contribution in [2.45, 2.75) is 0 Å². The fourth-order valence-corrected chi connectivity index (χ4v) is 2.16. The molecule has 2 N–H and O–H groups in total. The smallest absolute Gasteiger partial charge is 0.134 e. The molecule has 0 heterocycles. The molecule has 2 aromatic carbocycles. The largest absolute Gasteiger partial charge is 0.508 e. The van der Waals surface area contributed by atoms with E-state index in [0.29, 0.717) is 5.56 Å². The zero-order valence-electron chi connectivity index (χ0n) is 9.57. The summed E-state index contributed by atoms with van der Waals surface area (Å²) in [6, 6.07) is 6.52. The van der Waals surface area contributed by atoms with Crippen molar-refractivity contribution in [3.05, 3.63) is 57.3 Å². The van der Waals surface area contributed by atoms with E-state index in [1.165, 1.54) is 30.3 Å². The number of hydrogen-bond acceptors (Lipinski definition) is 2. The summed E-state index contributed by atoms with van der Waals surface area (Å²) in [5, 5.41) is 18.9. The van der Waals surface area contributed by atoms with E-state index in [9.17, 15) is 9.50 Å². The summed E-state index contributed by atoms with van der Waals surface area (Å²) in [5.41, 5.74) is 0.770. The molecule has 0 unspecified atom stereocenters. The first kappa shape index (κ1) is 13.7. The van der Waals surface area contributed by atoms with Crippen molar-refractivity contribution in [1.29, 1.82) is 0 Å². The van der Waals surface area contributed by atoms with Crippen LogP contribution in [0.5, 0.6) is 11.5 Å². The average molecular weight is 299 g/mol. The Morgan fingerprint density at radius 3 is 2.11 bits per heavy atom. The van der Waals surface area contributed by atoms with Gasteiger partial charge in [0.2, 0.25) is 0 Å². The minimum atomic E-state index is -0.553. The molecule has 0 aliphatic heterocycles. The predicted molar refractivity (Wildman–Crippen MR) is 75.1 cm³/mol. The molecule has 0 saturated heterocycles. The zero-order valence-corrected chi connectivity index (χ0v) is 11.1. The highest BCUT2D eigenvalue weighted by Gasteiger charge is 2.06. The van der Waals surface area contributed by atoms with E-state index in [4.69, 9.17) is 28.3 Å². The summed E-state index contributed by atoms with van der Waals surface area (Å²) >= 11 is 11.9. The van der Waals surface area contributed by atoms with E-state index in [0.717, 1.165) is 6.07 Å². The van der Waals surface area contributed by atoms with Gasteiger partial charge in [-0.3, -0.25) is 0 Å². The van der Waals surface area contributed by atoms with Crippen LogP contribution in [-0.2, 0) is 0 Å². The lowest BCUT2D eigenvalue weighted by molar-refractivity contribution is 0.469. The molecule has 0 bridgehead atoms. The molecule has 19 heavy (non-hydrogen) atoms. The van der Waals surface area contributed by atoms with Crippen molar-refractivity contribution in [3.63, 3.8) is 0 Å². The van der Waals surface area contributed by atoms with Crippen molar-refractivity contribution in [3.8, 4) is 11.5 Å². The number of rotatable bonds is 2. The van der Waals surface area contributed by atoms with E-state index in [-0.39, 0.29) is 27.1 Å². The van der Waals surface area contributed by atoms with Gasteiger partial charge in [-0.05, 0) is 24.3 Å². The summed E-state index contributed by atoms with van der Waals surface area (Å²) in [7, 11) is 0. The van der Waals surface area contributed by atoms with Crippen molar-refractivity contribution in [1.82, 2.24) is 0 Å². The molecule has 2 aromatic rings. The lowest BCUT2D eigenvalue weighted by atomic mass is 10.1. The monoisotopic (exact) mass is 298 g/mol. The molecule has 0 spiro atoms. The first-order valence-corrected chi connectivity index (χ1v) is 6.07. The van der Waals surface area contributed by atoms with E-state index in [1.807, 2.05) is 0 Å².